The number of H-pyrrole nitrogens is 1. The first-order valence-electron chi connectivity index (χ1n) is 15.0. The summed E-state index contributed by atoms with van der Waals surface area (Å²) in [4.78, 5) is 31.1. The topological polar surface area (TPSA) is 151 Å². The van der Waals surface area contributed by atoms with Crippen LogP contribution in [-0.2, 0) is 19.9 Å². The number of aryl methyl sites for hydroxylation is 3. The zero-order valence-electron chi connectivity index (χ0n) is 27.2. The molecule has 4 aromatic heterocycles. The lowest BCUT2D eigenvalue weighted by molar-refractivity contribution is 0.437. The van der Waals surface area contributed by atoms with Crippen LogP contribution in [0.15, 0.2) is 91.9 Å². The molecule has 0 atom stereocenters. The molecule has 0 saturated carbocycles. The Morgan fingerprint density at radius 2 is 1.32 bits per heavy atom. The smallest absolute Gasteiger partial charge is 0.269 e. The first kappa shape index (κ1) is 42.4. The van der Waals surface area contributed by atoms with E-state index in [2.05, 4.69) is 57.1 Å². The van der Waals surface area contributed by atoms with Crippen LogP contribution in [0.2, 0.25) is 5.02 Å². The Hall–Kier alpha value is -4.99. The van der Waals surface area contributed by atoms with Gasteiger partial charge in [-0.2, -0.15) is 10.2 Å². The number of nitrogens with one attached hydrogen (secondary N) is 1. The van der Waals surface area contributed by atoms with Crippen molar-refractivity contribution >= 4 is 49.1 Å². The zero-order valence-corrected chi connectivity index (χ0v) is 31.1. The predicted octanol–water partition coefficient (Wildman–Crippen LogP) is 9.03. The summed E-state index contributed by atoms with van der Waals surface area (Å²) in [5, 5.41) is 10.6. The Morgan fingerprint density at radius 3 is 1.89 bits per heavy atom. The molecule has 0 amide bonds. The second-order valence-electron chi connectivity index (χ2n) is 11.2. The molecule has 4 heterocycles. The van der Waals surface area contributed by atoms with E-state index in [-0.39, 0.29) is 61.0 Å². The van der Waals surface area contributed by atoms with Crippen LogP contribution in [0.1, 0.15) is 48.5 Å². The number of halogens is 5. The van der Waals surface area contributed by atoms with Crippen molar-refractivity contribution in [2.24, 2.45) is 7.05 Å². The average molecular weight is 876 g/mol. The Balaban J connectivity index is 0.000000275. The van der Waals surface area contributed by atoms with Crippen molar-refractivity contribution < 1.29 is 18.3 Å². The highest BCUT2D eigenvalue weighted by molar-refractivity contribution is 9.10. The summed E-state index contributed by atoms with van der Waals surface area (Å²) in [6.07, 6.45) is 6.50. The Morgan fingerprint density at radius 1 is 0.792 bits per heavy atom. The first-order chi connectivity index (χ1) is 24.3. The van der Waals surface area contributed by atoms with Crippen LogP contribution in [0.25, 0.3) is 0 Å². The number of anilines is 1. The van der Waals surface area contributed by atoms with E-state index in [9.17, 15) is 18.4 Å². The third-order valence-electron chi connectivity index (χ3n) is 7.21. The van der Waals surface area contributed by atoms with Gasteiger partial charge in [0.2, 0.25) is 0 Å². The van der Waals surface area contributed by atoms with Crippen molar-refractivity contribution in [2.75, 3.05) is 5.73 Å². The molecule has 0 aliphatic heterocycles. The molecule has 0 unspecified atom stereocenters. The average Bonchev–Trinajstić information content (AvgIpc) is 3.08. The van der Waals surface area contributed by atoms with Gasteiger partial charge in [0.15, 0.2) is 23.1 Å². The van der Waals surface area contributed by atoms with Crippen molar-refractivity contribution in [2.45, 2.75) is 41.5 Å². The molecular weight excluding hydrogens is 840 g/mol. The van der Waals surface area contributed by atoms with Gasteiger partial charge in [-0.05, 0) is 93.2 Å². The van der Waals surface area contributed by atoms with Crippen molar-refractivity contribution in [3.05, 3.63) is 153 Å². The van der Waals surface area contributed by atoms with Crippen LogP contribution < -0.4 is 26.3 Å². The zero-order chi connectivity index (χ0) is 36.8. The lowest BCUT2D eigenvalue weighted by atomic mass is 10.1. The molecule has 11 nitrogen and oxygen atoms in total. The molecule has 0 aliphatic rings. The van der Waals surface area contributed by atoms with E-state index in [1.807, 2.05) is 0 Å². The molecule has 3 N–H and O–H groups in total. The van der Waals surface area contributed by atoms with Crippen LogP contribution >= 0.6 is 43.5 Å². The molecule has 6 rings (SSSR count). The summed E-state index contributed by atoms with van der Waals surface area (Å²) < 4.78 is 43.6. The van der Waals surface area contributed by atoms with E-state index in [4.69, 9.17) is 26.8 Å². The summed E-state index contributed by atoms with van der Waals surface area (Å²) in [5.74, 6) is -0.593. The Bertz CT molecular complexity index is 2330. The van der Waals surface area contributed by atoms with Crippen LogP contribution in [0.3, 0.4) is 0 Å². The number of rotatable bonds is 8. The van der Waals surface area contributed by atoms with Crippen molar-refractivity contribution in [3.8, 4) is 23.0 Å². The minimum Gasteiger partial charge on any atom is -0.451 e. The van der Waals surface area contributed by atoms with Gasteiger partial charge in [0.05, 0.1) is 34.5 Å². The van der Waals surface area contributed by atoms with E-state index >= 15 is 0 Å². The summed E-state index contributed by atoms with van der Waals surface area (Å²) in [6, 6.07) is 12.9. The minimum absolute atomic E-state index is 0. The van der Waals surface area contributed by atoms with Crippen molar-refractivity contribution in [1.29, 1.82) is 0 Å². The molecule has 6 aromatic rings. The maximum absolute atomic E-state index is 15.0. The monoisotopic (exact) mass is 873 g/mol. The van der Waals surface area contributed by atoms with Crippen molar-refractivity contribution in [3.63, 3.8) is 0 Å². The van der Waals surface area contributed by atoms with Crippen LogP contribution in [0.5, 0.6) is 23.0 Å². The number of benzene rings is 2. The van der Waals surface area contributed by atoms with Gasteiger partial charge in [-0.3, -0.25) is 19.6 Å². The number of nitrogens with zero attached hydrogens (tertiary/aromatic N) is 5. The quantitative estimate of drug-likeness (QED) is 0.143. The molecule has 0 saturated heterocycles. The lowest BCUT2D eigenvalue weighted by Gasteiger charge is -2.13. The maximum Gasteiger partial charge on any atom is 0.269 e. The number of nitrogen functional groups attached to an aromatic ring is 1. The predicted molar refractivity (Wildman–Crippen MR) is 209 cm³/mol. The summed E-state index contributed by atoms with van der Waals surface area (Å²) in [6.45, 7) is 3.36. The molecule has 0 aliphatic carbocycles. The molecule has 0 fully saturated rings. The Labute approximate surface area is 326 Å². The third-order valence-corrected chi connectivity index (χ3v) is 8.38. The van der Waals surface area contributed by atoms with E-state index in [1.165, 1.54) is 17.1 Å². The lowest BCUT2D eigenvalue weighted by Crippen LogP contribution is -2.23. The number of hydrogen-bond acceptors (Lipinski definition) is 9. The van der Waals surface area contributed by atoms with E-state index in [0.717, 1.165) is 0 Å². The molecule has 2 aromatic carbocycles. The molecule has 0 spiro atoms. The van der Waals surface area contributed by atoms with Gasteiger partial charge in [0.1, 0.15) is 11.5 Å². The van der Waals surface area contributed by atoms with E-state index in [1.54, 1.807) is 81.8 Å². The number of ether oxygens (including phenoxy) is 2. The van der Waals surface area contributed by atoms with Gasteiger partial charge in [-0.15, -0.1) is 0 Å². The fraction of sp³-hybridized carbons (Fsp3) is 0.189. The fourth-order valence-corrected chi connectivity index (χ4v) is 5.62. The van der Waals surface area contributed by atoms with E-state index < -0.39 is 11.6 Å². The largest absolute Gasteiger partial charge is 0.451 e. The number of hydrogen-bond donors (Lipinski definition) is 2. The molecule has 16 heteroatoms. The Kier molecular flexibility index (Phi) is 14.9. The second-order valence-corrected chi connectivity index (χ2v) is 13.4. The summed E-state index contributed by atoms with van der Waals surface area (Å²) >= 11 is 12.6. The second kappa shape index (κ2) is 18.7. The number of aromatic nitrogens is 6. The maximum atomic E-state index is 15.0. The summed E-state index contributed by atoms with van der Waals surface area (Å²) in [7, 11) is 1.56. The highest BCUT2D eigenvalue weighted by atomic mass is 79.9. The van der Waals surface area contributed by atoms with Gasteiger partial charge < -0.3 is 15.2 Å². The van der Waals surface area contributed by atoms with Gasteiger partial charge in [-0.25, -0.2) is 18.6 Å². The number of pyridine rings is 2. The number of aromatic amines is 1. The molecular formula is C37H36Br2ClF2N7O4. The normalized spacial score (nSPS) is 10.3. The standard InChI is InChI=1S/C18H16BrFN4O2.C17H12BrClFN3O2.2CH4/c1-10-5-13(23-24(2)18(10)25)6-11-3-4-15(21)17(16(11)20)26-14-7-12(19)8-22-9-14;1-9-4-12(22-23-17(9)24)5-10-2-3-14(19)16(15(10)20)25-13-6-11(18)7-21-8-13;;/h3-5,7-9H,6,21H2,1-2H3;2-4,6-8H,5H2,1H3,(H,23,24);2*1H4. The number of nitrogens with two attached hydrogens (primary N) is 1. The van der Waals surface area contributed by atoms with Gasteiger partial charge >= 0.3 is 0 Å². The first-order valence-corrected chi connectivity index (χ1v) is 16.9. The highest BCUT2D eigenvalue weighted by Gasteiger charge is 2.18. The molecule has 53 heavy (non-hydrogen) atoms. The molecule has 278 valence electrons. The molecule has 0 radical (unpaired) electrons. The van der Waals surface area contributed by atoms with Gasteiger partial charge in [-0.1, -0.05) is 38.6 Å². The minimum atomic E-state index is -0.585. The van der Waals surface area contributed by atoms with E-state index in [0.29, 0.717) is 54.1 Å². The molecule has 0 bridgehead atoms. The van der Waals surface area contributed by atoms with Crippen LogP contribution in [0.4, 0.5) is 14.5 Å². The third kappa shape index (κ3) is 10.8. The fourth-order valence-electron chi connectivity index (χ4n) is 4.75. The van der Waals surface area contributed by atoms with Crippen LogP contribution in [-0.4, -0.2) is 29.9 Å². The van der Waals surface area contributed by atoms with Crippen molar-refractivity contribution in [1.82, 2.24) is 29.9 Å². The highest BCUT2D eigenvalue weighted by Crippen LogP contribution is 2.36. The summed E-state index contributed by atoms with van der Waals surface area (Å²) in [5.41, 5.74) is 8.48. The van der Waals surface area contributed by atoms with Gasteiger partial charge in [0.25, 0.3) is 11.1 Å². The SMILES string of the molecule is C.C.Cc1cc(Cc2ccc(Cl)c(Oc3cncc(Br)c3)c2F)n[nH]c1=O.Cc1cc(Cc2ccc(N)c(Oc3cncc(Br)c3)c2F)nn(C)c1=O. The van der Waals surface area contributed by atoms with Gasteiger partial charge in [0, 0.05) is 52.4 Å². The van der Waals surface area contributed by atoms with Crippen LogP contribution in [0, 0.1) is 25.5 Å².